The first-order valence-electron chi connectivity index (χ1n) is 4.35. The van der Waals surface area contributed by atoms with Crippen LogP contribution in [0.3, 0.4) is 0 Å². The largest absolute Gasteiger partial charge is 0.462 e. The van der Waals surface area contributed by atoms with Crippen molar-refractivity contribution >= 4 is 11.7 Å². The number of anilines is 1. The first-order valence-corrected chi connectivity index (χ1v) is 4.35. The second-order valence-electron chi connectivity index (χ2n) is 2.79. The third-order valence-corrected chi connectivity index (χ3v) is 1.75. The normalized spacial score (nSPS) is 9.64. The fourth-order valence-electron chi connectivity index (χ4n) is 1.03. The Bertz CT molecular complexity index is 306. The number of carbonyl (C=O) groups excluding carboxylic acids is 1. The van der Waals surface area contributed by atoms with Crippen molar-refractivity contribution in [1.29, 1.82) is 0 Å². The number of hydrogen-bond acceptors (Lipinski definition) is 4. The Morgan fingerprint density at radius 1 is 1.43 bits per heavy atom. The monoisotopic (exact) mass is 195 g/mol. The zero-order valence-electron chi connectivity index (χ0n) is 8.23. The molecule has 4 heteroatoms. The van der Waals surface area contributed by atoms with Crippen molar-refractivity contribution in [2.75, 3.05) is 18.7 Å². The van der Waals surface area contributed by atoms with Gasteiger partial charge in [0.05, 0.1) is 17.9 Å². The van der Waals surface area contributed by atoms with Gasteiger partial charge in [0.1, 0.15) is 0 Å². The van der Waals surface area contributed by atoms with E-state index < -0.39 is 0 Å². The summed E-state index contributed by atoms with van der Waals surface area (Å²) < 4.78 is 4.81. The fourth-order valence-corrected chi connectivity index (χ4v) is 1.03. The summed E-state index contributed by atoms with van der Waals surface area (Å²) in [6.07, 6.45) is 0. The van der Waals surface area contributed by atoms with Gasteiger partial charge in [-0.2, -0.15) is 0 Å². The van der Waals surface area contributed by atoms with Gasteiger partial charge >= 0.3 is 5.97 Å². The number of benzene rings is 1. The molecule has 0 unspecified atom stereocenters. The van der Waals surface area contributed by atoms with Crippen LogP contribution in [0.15, 0.2) is 24.3 Å². The predicted molar refractivity (Wildman–Crippen MR) is 52.6 cm³/mol. The summed E-state index contributed by atoms with van der Waals surface area (Å²) in [5.41, 5.74) is 1.11. The molecule has 0 amide bonds. The van der Waals surface area contributed by atoms with Gasteiger partial charge in [-0.05, 0) is 31.2 Å². The van der Waals surface area contributed by atoms with Crippen molar-refractivity contribution < 1.29 is 14.7 Å². The number of hydroxylamine groups is 1. The van der Waals surface area contributed by atoms with E-state index in [0.717, 1.165) is 5.06 Å². The van der Waals surface area contributed by atoms with Crippen LogP contribution in [0.25, 0.3) is 0 Å². The van der Waals surface area contributed by atoms with Crippen molar-refractivity contribution in [3.8, 4) is 0 Å². The Morgan fingerprint density at radius 2 is 2.00 bits per heavy atom. The molecule has 0 aliphatic carbocycles. The van der Waals surface area contributed by atoms with E-state index in [9.17, 15) is 4.79 Å². The molecule has 0 bridgehead atoms. The van der Waals surface area contributed by atoms with E-state index in [4.69, 9.17) is 9.94 Å². The van der Waals surface area contributed by atoms with E-state index in [1.807, 2.05) is 0 Å². The molecule has 0 saturated heterocycles. The molecule has 76 valence electrons. The Hall–Kier alpha value is -1.55. The van der Waals surface area contributed by atoms with Gasteiger partial charge in [0.25, 0.3) is 0 Å². The number of rotatable bonds is 3. The minimum atomic E-state index is -0.348. The van der Waals surface area contributed by atoms with Crippen LogP contribution in [-0.4, -0.2) is 24.8 Å². The molecule has 0 aliphatic rings. The minimum Gasteiger partial charge on any atom is -0.462 e. The van der Waals surface area contributed by atoms with E-state index in [-0.39, 0.29) is 5.97 Å². The van der Waals surface area contributed by atoms with Crippen LogP contribution >= 0.6 is 0 Å². The van der Waals surface area contributed by atoms with E-state index in [1.165, 1.54) is 7.05 Å². The highest BCUT2D eigenvalue weighted by atomic mass is 16.5. The maximum Gasteiger partial charge on any atom is 0.338 e. The van der Waals surface area contributed by atoms with Gasteiger partial charge in [-0.15, -0.1) is 0 Å². The molecule has 0 saturated carbocycles. The molecule has 1 N–H and O–H groups in total. The van der Waals surface area contributed by atoms with Crippen LogP contribution in [0.4, 0.5) is 5.69 Å². The third-order valence-electron chi connectivity index (χ3n) is 1.75. The first kappa shape index (κ1) is 10.5. The van der Waals surface area contributed by atoms with Gasteiger partial charge in [-0.1, -0.05) is 0 Å². The van der Waals surface area contributed by atoms with E-state index in [1.54, 1.807) is 31.2 Å². The van der Waals surface area contributed by atoms with E-state index >= 15 is 0 Å². The van der Waals surface area contributed by atoms with Crippen LogP contribution < -0.4 is 5.06 Å². The molecule has 1 aromatic carbocycles. The molecular formula is C10H13NO3. The van der Waals surface area contributed by atoms with Crippen LogP contribution in [0, 0.1) is 0 Å². The summed E-state index contributed by atoms with van der Waals surface area (Å²) in [5.74, 6) is -0.348. The van der Waals surface area contributed by atoms with Gasteiger partial charge in [-0.3, -0.25) is 10.3 Å². The summed E-state index contributed by atoms with van der Waals surface area (Å²) in [5, 5.41) is 10.1. The third kappa shape index (κ3) is 2.47. The Labute approximate surface area is 82.7 Å². The second kappa shape index (κ2) is 4.62. The van der Waals surface area contributed by atoms with Crippen molar-refractivity contribution in [3.63, 3.8) is 0 Å². The summed E-state index contributed by atoms with van der Waals surface area (Å²) in [7, 11) is 1.51. The number of esters is 1. The maximum atomic E-state index is 11.2. The molecule has 14 heavy (non-hydrogen) atoms. The van der Waals surface area contributed by atoms with Crippen molar-refractivity contribution in [2.24, 2.45) is 0 Å². The molecule has 0 radical (unpaired) electrons. The van der Waals surface area contributed by atoms with Crippen LogP contribution in [0.5, 0.6) is 0 Å². The molecular weight excluding hydrogens is 182 g/mol. The molecule has 0 heterocycles. The first-order chi connectivity index (χ1) is 6.65. The number of nitrogens with zero attached hydrogens (tertiary/aromatic N) is 1. The highest BCUT2D eigenvalue weighted by Crippen LogP contribution is 2.12. The summed E-state index contributed by atoms with van der Waals surface area (Å²) in [6, 6.07) is 6.51. The highest BCUT2D eigenvalue weighted by molar-refractivity contribution is 5.89. The smallest absolute Gasteiger partial charge is 0.338 e. The van der Waals surface area contributed by atoms with Crippen LogP contribution in [-0.2, 0) is 4.74 Å². The zero-order chi connectivity index (χ0) is 10.6. The molecule has 0 spiro atoms. The lowest BCUT2D eigenvalue weighted by Crippen LogP contribution is -2.10. The summed E-state index contributed by atoms with van der Waals surface area (Å²) >= 11 is 0. The predicted octanol–water partition coefficient (Wildman–Crippen LogP) is 1.69. The molecule has 0 aliphatic heterocycles. The minimum absolute atomic E-state index is 0.348. The molecule has 0 fully saturated rings. The van der Waals surface area contributed by atoms with Gasteiger partial charge in [0.15, 0.2) is 0 Å². The molecule has 1 rings (SSSR count). The fraction of sp³-hybridized carbons (Fsp3) is 0.300. The average Bonchev–Trinajstić information content (AvgIpc) is 2.18. The van der Waals surface area contributed by atoms with Crippen molar-refractivity contribution in [2.45, 2.75) is 6.92 Å². The molecule has 1 aromatic rings. The zero-order valence-corrected chi connectivity index (χ0v) is 8.23. The van der Waals surface area contributed by atoms with Gasteiger partial charge in [0.2, 0.25) is 0 Å². The molecule has 0 atom stereocenters. The maximum absolute atomic E-state index is 11.2. The lowest BCUT2D eigenvalue weighted by Gasteiger charge is -2.10. The highest BCUT2D eigenvalue weighted by Gasteiger charge is 2.05. The lowest BCUT2D eigenvalue weighted by molar-refractivity contribution is 0.0526. The van der Waals surface area contributed by atoms with Crippen molar-refractivity contribution in [1.82, 2.24) is 0 Å². The average molecular weight is 195 g/mol. The Morgan fingerprint density at radius 3 is 2.43 bits per heavy atom. The van der Waals surface area contributed by atoms with Gasteiger partial charge < -0.3 is 4.74 Å². The topological polar surface area (TPSA) is 49.8 Å². The van der Waals surface area contributed by atoms with Crippen molar-refractivity contribution in [3.05, 3.63) is 29.8 Å². The van der Waals surface area contributed by atoms with Gasteiger partial charge in [-0.25, -0.2) is 4.79 Å². The number of hydrogen-bond donors (Lipinski definition) is 1. The second-order valence-corrected chi connectivity index (χ2v) is 2.79. The Kier molecular flexibility index (Phi) is 3.48. The summed E-state index contributed by atoms with van der Waals surface area (Å²) in [4.78, 5) is 11.2. The molecule has 4 nitrogen and oxygen atoms in total. The lowest BCUT2D eigenvalue weighted by atomic mass is 10.2. The standard InChI is InChI=1S/C10H13NO3/c1-3-14-10(12)8-4-6-9(7-5-8)11(2)13/h4-7,13H,3H2,1-2H3. The SMILES string of the molecule is CCOC(=O)c1ccc(N(C)O)cc1. The quantitative estimate of drug-likeness (QED) is 0.589. The van der Waals surface area contributed by atoms with Crippen LogP contribution in [0.1, 0.15) is 17.3 Å². The molecule has 0 aromatic heterocycles. The van der Waals surface area contributed by atoms with E-state index in [2.05, 4.69) is 0 Å². The number of ether oxygens (including phenoxy) is 1. The van der Waals surface area contributed by atoms with Gasteiger partial charge in [0, 0.05) is 7.05 Å². The van der Waals surface area contributed by atoms with E-state index in [0.29, 0.717) is 17.9 Å². The number of carbonyl (C=O) groups is 1. The Balaban J connectivity index is 2.78. The van der Waals surface area contributed by atoms with Crippen LogP contribution in [0.2, 0.25) is 0 Å². The summed E-state index contributed by atoms with van der Waals surface area (Å²) in [6.45, 7) is 2.12.